The molecule has 0 saturated heterocycles. The summed E-state index contributed by atoms with van der Waals surface area (Å²) in [6, 6.07) is 25.3. The fourth-order valence-electron chi connectivity index (χ4n) is 4.20. The van der Waals surface area contributed by atoms with E-state index in [1.165, 1.54) is 14.2 Å². The Morgan fingerprint density at radius 2 is 1.24 bits per heavy atom. The molecule has 9 heteroatoms. The predicted octanol–water partition coefficient (Wildman–Crippen LogP) is 5.67. The maximum absolute atomic E-state index is 12.8. The summed E-state index contributed by atoms with van der Waals surface area (Å²) in [5.41, 5.74) is 2.61. The summed E-state index contributed by atoms with van der Waals surface area (Å²) in [5.74, 6) is -0.152. The van der Waals surface area contributed by atoms with E-state index in [9.17, 15) is 15.0 Å². The average molecular weight is 561 g/mol. The van der Waals surface area contributed by atoms with Crippen LogP contribution in [-0.4, -0.2) is 44.0 Å². The highest BCUT2D eigenvalue weighted by Crippen LogP contribution is 2.44. The monoisotopic (exact) mass is 560 g/mol. The Morgan fingerprint density at radius 1 is 0.683 bits per heavy atom. The van der Waals surface area contributed by atoms with E-state index in [1.54, 1.807) is 24.3 Å². The van der Waals surface area contributed by atoms with Gasteiger partial charge >= 0.3 is 5.97 Å². The molecule has 0 aliphatic heterocycles. The zero-order valence-electron chi connectivity index (χ0n) is 22.9. The lowest BCUT2D eigenvalue weighted by atomic mass is 9.93. The van der Waals surface area contributed by atoms with Crippen molar-refractivity contribution in [3.63, 3.8) is 0 Å². The number of carboxylic acids is 1. The molecule has 9 nitrogen and oxygen atoms in total. The lowest BCUT2D eigenvalue weighted by Crippen LogP contribution is -2.10. The van der Waals surface area contributed by atoms with Crippen molar-refractivity contribution in [2.24, 2.45) is 0 Å². The fraction of sp³-hybridized carbons (Fsp3) is 0.219. The highest BCUT2D eigenvalue weighted by Gasteiger charge is 2.26. The van der Waals surface area contributed by atoms with Crippen LogP contribution in [0.15, 0.2) is 84.9 Å². The van der Waals surface area contributed by atoms with Crippen molar-refractivity contribution >= 4 is 5.97 Å². The lowest BCUT2D eigenvalue weighted by Gasteiger charge is -2.21. The van der Waals surface area contributed by atoms with Crippen molar-refractivity contribution in [2.45, 2.75) is 19.8 Å². The minimum atomic E-state index is -1.22. The van der Waals surface area contributed by atoms with Gasteiger partial charge in [-0.25, -0.2) is 4.79 Å². The van der Waals surface area contributed by atoms with E-state index in [0.29, 0.717) is 22.6 Å². The second-order valence-corrected chi connectivity index (χ2v) is 8.91. The zero-order valence-corrected chi connectivity index (χ0v) is 22.9. The van der Waals surface area contributed by atoms with Gasteiger partial charge in [-0.15, -0.1) is 0 Å². The van der Waals surface area contributed by atoms with Crippen molar-refractivity contribution in [1.29, 1.82) is 0 Å². The summed E-state index contributed by atoms with van der Waals surface area (Å²) in [5, 5.41) is 20.8. The van der Waals surface area contributed by atoms with Crippen molar-refractivity contribution in [2.75, 3.05) is 27.8 Å². The molecule has 0 heterocycles. The molecule has 41 heavy (non-hydrogen) atoms. The molecule has 0 aromatic heterocycles. The van der Waals surface area contributed by atoms with Crippen molar-refractivity contribution in [1.82, 2.24) is 0 Å². The number of carbonyl (C=O) groups is 1. The number of carboxylic acid groups (broad SMARTS) is 1. The lowest BCUT2D eigenvalue weighted by molar-refractivity contribution is 0.0461. The molecule has 0 aliphatic rings. The van der Waals surface area contributed by atoms with Gasteiger partial charge in [0.1, 0.15) is 41.8 Å². The average Bonchev–Trinajstić information content (AvgIpc) is 3.00. The van der Waals surface area contributed by atoms with Crippen LogP contribution in [0.4, 0.5) is 0 Å². The number of hydrogen-bond acceptors (Lipinski definition) is 8. The van der Waals surface area contributed by atoms with E-state index < -0.39 is 12.6 Å². The molecule has 0 saturated carbocycles. The molecule has 4 rings (SSSR count). The SMILES string of the molecule is COCOc1cc(CO)c(-c2cc(OCc3ccccc3)cc(OCc3ccccc3)c2C(=O)O)c(OCOC)c1. The third-order valence-corrected chi connectivity index (χ3v) is 6.05. The Labute approximate surface area is 238 Å². The first kappa shape index (κ1) is 29.4. The van der Waals surface area contributed by atoms with Crippen molar-refractivity contribution < 1.29 is 43.4 Å². The number of aliphatic hydroxyl groups excluding tert-OH is 1. The summed E-state index contributed by atoms with van der Waals surface area (Å²) in [7, 11) is 2.95. The maximum Gasteiger partial charge on any atom is 0.340 e. The van der Waals surface area contributed by atoms with E-state index in [2.05, 4.69) is 0 Å². The van der Waals surface area contributed by atoms with Gasteiger partial charge in [-0.1, -0.05) is 60.7 Å². The number of aliphatic hydroxyl groups is 1. The van der Waals surface area contributed by atoms with Crippen LogP contribution < -0.4 is 18.9 Å². The fourth-order valence-corrected chi connectivity index (χ4v) is 4.20. The summed E-state index contributed by atoms with van der Waals surface area (Å²) >= 11 is 0. The molecule has 0 aliphatic carbocycles. The summed E-state index contributed by atoms with van der Waals surface area (Å²) in [6.07, 6.45) is 0. The van der Waals surface area contributed by atoms with E-state index in [-0.39, 0.29) is 49.4 Å². The van der Waals surface area contributed by atoms with Crippen LogP contribution in [0.25, 0.3) is 11.1 Å². The minimum Gasteiger partial charge on any atom is -0.489 e. The topological polar surface area (TPSA) is 113 Å². The largest absolute Gasteiger partial charge is 0.489 e. The number of rotatable bonds is 15. The van der Waals surface area contributed by atoms with Crippen molar-refractivity contribution in [3.8, 4) is 34.1 Å². The molecular formula is C32H32O9. The molecule has 0 unspecified atom stereocenters. The Bertz CT molecular complexity index is 1420. The molecule has 214 valence electrons. The second kappa shape index (κ2) is 14.7. The quantitative estimate of drug-likeness (QED) is 0.178. The molecule has 0 amide bonds. The highest BCUT2D eigenvalue weighted by atomic mass is 16.7. The second-order valence-electron chi connectivity index (χ2n) is 8.91. The molecule has 2 N–H and O–H groups in total. The summed E-state index contributed by atoms with van der Waals surface area (Å²) in [6.45, 7) is -0.220. The Balaban J connectivity index is 1.87. The van der Waals surface area contributed by atoms with Gasteiger partial charge in [-0.05, 0) is 28.8 Å². The van der Waals surface area contributed by atoms with E-state index >= 15 is 0 Å². The van der Waals surface area contributed by atoms with Crippen LogP contribution in [0.3, 0.4) is 0 Å². The van der Waals surface area contributed by atoms with E-state index in [4.69, 9.17) is 28.4 Å². The zero-order chi connectivity index (χ0) is 29.0. The van der Waals surface area contributed by atoms with Gasteiger partial charge < -0.3 is 38.6 Å². The maximum atomic E-state index is 12.8. The van der Waals surface area contributed by atoms with Gasteiger partial charge in [0.25, 0.3) is 0 Å². The third kappa shape index (κ3) is 7.76. The third-order valence-electron chi connectivity index (χ3n) is 6.05. The number of ether oxygens (including phenoxy) is 6. The van der Waals surface area contributed by atoms with Crippen LogP contribution in [0.2, 0.25) is 0 Å². The Morgan fingerprint density at radius 3 is 1.83 bits per heavy atom. The number of hydrogen-bond donors (Lipinski definition) is 2. The molecule has 0 spiro atoms. The van der Waals surface area contributed by atoms with Crippen LogP contribution in [-0.2, 0) is 29.3 Å². The van der Waals surface area contributed by atoms with Crippen LogP contribution in [0, 0.1) is 0 Å². The summed E-state index contributed by atoms with van der Waals surface area (Å²) in [4.78, 5) is 12.8. The Kier molecular flexibility index (Phi) is 10.6. The molecule has 0 atom stereocenters. The van der Waals surface area contributed by atoms with Gasteiger partial charge in [0.2, 0.25) is 0 Å². The Hall–Kier alpha value is -4.57. The first-order valence-electron chi connectivity index (χ1n) is 12.8. The highest BCUT2D eigenvalue weighted by molar-refractivity contribution is 6.01. The molecule has 0 fully saturated rings. The predicted molar refractivity (Wildman–Crippen MR) is 151 cm³/mol. The van der Waals surface area contributed by atoms with Crippen LogP contribution >= 0.6 is 0 Å². The smallest absolute Gasteiger partial charge is 0.340 e. The minimum absolute atomic E-state index is 0.0331. The van der Waals surface area contributed by atoms with Gasteiger partial charge in [0, 0.05) is 37.5 Å². The van der Waals surface area contributed by atoms with Gasteiger partial charge in [0.05, 0.1) is 6.61 Å². The molecule has 0 bridgehead atoms. The molecular weight excluding hydrogens is 528 g/mol. The van der Waals surface area contributed by atoms with Crippen LogP contribution in [0.5, 0.6) is 23.0 Å². The first-order valence-corrected chi connectivity index (χ1v) is 12.8. The van der Waals surface area contributed by atoms with E-state index in [1.807, 2.05) is 60.7 Å². The van der Waals surface area contributed by atoms with Gasteiger partial charge in [0.15, 0.2) is 13.6 Å². The number of methoxy groups -OCH3 is 2. The number of aromatic carboxylic acids is 1. The van der Waals surface area contributed by atoms with E-state index in [0.717, 1.165) is 11.1 Å². The van der Waals surface area contributed by atoms with Crippen molar-refractivity contribution in [3.05, 3.63) is 107 Å². The first-order chi connectivity index (χ1) is 20.0. The standard InChI is InChI=1S/C32H32O9/c1-36-20-40-25-13-24(17-33)30(28(15-25)41-21-37-2)27-14-26(38-18-22-9-5-3-6-10-22)16-29(31(27)32(34)35)39-19-23-11-7-4-8-12-23/h3-16,33H,17-21H2,1-2H3,(H,34,35). The normalized spacial score (nSPS) is 10.7. The van der Waals surface area contributed by atoms with Gasteiger partial charge in [-0.2, -0.15) is 0 Å². The molecule has 4 aromatic rings. The number of benzene rings is 4. The molecule has 4 aromatic carbocycles. The van der Waals surface area contributed by atoms with Gasteiger partial charge in [-0.3, -0.25) is 0 Å². The molecule has 0 radical (unpaired) electrons. The van der Waals surface area contributed by atoms with Crippen LogP contribution in [0.1, 0.15) is 27.0 Å². The summed E-state index contributed by atoms with van der Waals surface area (Å²) < 4.78 is 33.7.